The van der Waals surface area contributed by atoms with Crippen molar-refractivity contribution in [3.8, 4) is 17.6 Å². The zero-order valence-electron chi connectivity index (χ0n) is 15.1. The summed E-state index contributed by atoms with van der Waals surface area (Å²) in [6.45, 7) is 3.84. The van der Waals surface area contributed by atoms with Crippen molar-refractivity contribution in [1.29, 1.82) is 5.26 Å². The molecule has 7 nitrogen and oxygen atoms in total. The second-order valence-corrected chi connectivity index (χ2v) is 8.36. The number of benzene rings is 2. The van der Waals surface area contributed by atoms with Crippen LogP contribution in [0.15, 0.2) is 46.9 Å². The van der Waals surface area contributed by atoms with Crippen molar-refractivity contribution in [3.05, 3.63) is 56.7 Å². The molecule has 0 heterocycles. The maximum atomic E-state index is 12.6. The molecule has 0 aliphatic rings. The SMILES string of the molecule is CCOc1cc(/C=C(/C#N)C(N)=O)cc(I)c1OS(=O)(=O)c1ccc(C)cc1. The van der Waals surface area contributed by atoms with Crippen molar-refractivity contribution in [3.63, 3.8) is 0 Å². The van der Waals surface area contributed by atoms with Gasteiger partial charge in [0.2, 0.25) is 0 Å². The Hall–Kier alpha value is -2.58. The summed E-state index contributed by atoms with van der Waals surface area (Å²) in [6.07, 6.45) is 1.30. The number of carbonyl (C=O) groups is 1. The number of carbonyl (C=O) groups excluding carboxylic acids is 1. The molecule has 0 saturated heterocycles. The molecule has 0 radical (unpaired) electrons. The van der Waals surface area contributed by atoms with Gasteiger partial charge in [-0.25, -0.2) is 0 Å². The van der Waals surface area contributed by atoms with E-state index in [0.717, 1.165) is 5.56 Å². The van der Waals surface area contributed by atoms with Crippen LogP contribution in [0.3, 0.4) is 0 Å². The molecule has 2 N–H and O–H groups in total. The minimum atomic E-state index is -4.07. The van der Waals surface area contributed by atoms with Gasteiger partial charge in [-0.15, -0.1) is 0 Å². The average Bonchev–Trinajstić information content (AvgIpc) is 2.63. The maximum Gasteiger partial charge on any atom is 0.339 e. The Balaban J connectivity index is 2.51. The van der Waals surface area contributed by atoms with Crippen molar-refractivity contribution in [2.75, 3.05) is 6.61 Å². The number of halogens is 1. The van der Waals surface area contributed by atoms with Gasteiger partial charge in [-0.05, 0) is 72.3 Å². The number of nitrogens with zero attached hydrogens (tertiary/aromatic N) is 1. The highest BCUT2D eigenvalue weighted by molar-refractivity contribution is 14.1. The van der Waals surface area contributed by atoms with Crippen LogP contribution >= 0.6 is 22.6 Å². The van der Waals surface area contributed by atoms with E-state index in [9.17, 15) is 13.2 Å². The summed E-state index contributed by atoms with van der Waals surface area (Å²) in [5, 5.41) is 9.00. The zero-order valence-corrected chi connectivity index (χ0v) is 18.1. The Kier molecular flexibility index (Phi) is 7.04. The van der Waals surface area contributed by atoms with E-state index in [4.69, 9.17) is 19.9 Å². The molecule has 0 spiro atoms. The van der Waals surface area contributed by atoms with Gasteiger partial charge in [0.1, 0.15) is 16.5 Å². The van der Waals surface area contributed by atoms with E-state index in [0.29, 0.717) is 9.13 Å². The van der Waals surface area contributed by atoms with Gasteiger partial charge in [-0.1, -0.05) is 17.7 Å². The summed E-state index contributed by atoms with van der Waals surface area (Å²) in [5.74, 6) is -0.673. The number of aryl methyl sites for hydroxylation is 1. The minimum Gasteiger partial charge on any atom is -0.490 e. The number of amides is 1. The van der Waals surface area contributed by atoms with Gasteiger partial charge in [-0.3, -0.25) is 4.79 Å². The van der Waals surface area contributed by atoms with Gasteiger partial charge in [0.05, 0.1) is 10.2 Å². The number of primary amides is 1. The monoisotopic (exact) mass is 512 g/mol. The number of nitrogens with two attached hydrogens (primary N) is 1. The van der Waals surface area contributed by atoms with Gasteiger partial charge in [0.15, 0.2) is 11.5 Å². The summed E-state index contributed by atoms with van der Waals surface area (Å²) >= 11 is 1.89. The van der Waals surface area contributed by atoms with Crippen LogP contribution in [-0.2, 0) is 14.9 Å². The van der Waals surface area contributed by atoms with E-state index in [1.54, 1.807) is 31.2 Å². The number of nitriles is 1. The zero-order chi connectivity index (χ0) is 20.9. The van der Waals surface area contributed by atoms with Gasteiger partial charge in [0, 0.05) is 0 Å². The maximum absolute atomic E-state index is 12.6. The van der Waals surface area contributed by atoms with Gasteiger partial charge in [0.25, 0.3) is 5.91 Å². The summed E-state index contributed by atoms with van der Waals surface area (Å²) in [4.78, 5) is 11.3. The second-order valence-electron chi connectivity index (χ2n) is 5.65. The van der Waals surface area contributed by atoms with Crippen LogP contribution in [0.4, 0.5) is 0 Å². The lowest BCUT2D eigenvalue weighted by Gasteiger charge is -2.14. The number of rotatable bonds is 7. The highest BCUT2D eigenvalue weighted by atomic mass is 127. The van der Waals surface area contributed by atoms with E-state index in [2.05, 4.69) is 0 Å². The second kappa shape index (κ2) is 9.07. The lowest BCUT2D eigenvalue weighted by atomic mass is 10.1. The van der Waals surface area contributed by atoms with Gasteiger partial charge < -0.3 is 14.7 Å². The molecule has 0 bridgehead atoms. The summed E-state index contributed by atoms with van der Waals surface area (Å²) < 4.78 is 36.5. The molecule has 0 aromatic heterocycles. The fraction of sp³-hybridized carbons (Fsp3) is 0.158. The molecule has 0 aliphatic carbocycles. The lowest BCUT2D eigenvalue weighted by Crippen LogP contribution is -2.13. The summed E-state index contributed by atoms with van der Waals surface area (Å²) in [5.41, 5.74) is 6.28. The van der Waals surface area contributed by atoms with Crippen LogP contribution in [0, 0.1) is 21.8 Å². The topological polar surface area (TPSA) is 119 Å². The molecule has 146 valence electrons. The molecule has 0 fully saturated rings. The van der Waals surface area contributed by atoms with E-state index in [-0.39, 0.29) is 28.6 Å². The Morgan fingerprint density at radius 3 is 2.46 bits per heavy atom. The molecule has 0 aliphatic heterocycles. The predicted molar refractivity (Wildman–Crippen MR) is 112 cm³/mol. The Bertz CT molecular complexity index is 1070. The van der Waals surface area contributed by atoms with Crippen LogP contribution in [0.5, 0.6) is 11.5 Å². The van der Waals surface area contributed by atoms with Crippen LogP contribution < -0.4 is 14.7 Å². The largest absolute Gasteiger partial charge is 0.490 e. The number of hydrogen-bond donors (Lipinski definition) is 1. The molecule has 0 atom stereocenters. The first-order chi connectivity index (χ1) is 13.2. The fourth-order valence-electron chi connectivity index (χ4n) is 2.20. The molecule has 2 aromatic carbocycles. The molecule has 1 amide bonds. The number of ether oxygens (including phenoxy) is 1. The van der Waals surface area contributed by atoms with Crippen LogP contribution in [0.25, 0.3) is 6.08 Å². The predicted octanol–water partition coefficient (Wildman–Crippen LogP) is 3.16. The van der Waals surface area contributed by atoms with Gasteiger partial charge in [-0.2, -0.15) is 13.7 Å². The quantitative estimate of drug-likeness (QED) is 0.264. The molecule has 9 heteroatoms. The highest BCUT2D eigenvalue weighted by Gasteiger charge is 2.22. The Morgan fingerprint density at radius 2 is 1.93 bits per heavy atom. The van der Waals surface area contributed by atoms with E-state index >= 15 is 0 Å². The molecular formula is C19H17IN2O5S. The molecular weight excluding hydrogens is 495 g/mol. The van der Waals surface area contributed by atoms with Crippen molar-refractivity contribution in [1.82, 2.24) is 0 Å². The Morgan fingerprint density at radius 1 is 1.29 bits per heavy atom. The van der Waals surface area contributed by atoms with Crippen molar-refractivity contribution in [2.45, 2.75) is 18.7 Å². The molecule has 0 saturated carbocycles. The first-order valence-corrected chi connectivity index (χ1v) is 10.6. The first kappa shape index (κ1) is 21.7. The highest BCUT2D eigenvalue weighted by Crippen LogP contribution is 2.37. The molecule has 28 heavy (non-hydrogen) atoms. The third-order valence-electron chi connectivity index (χ3n) is 3.53. The van der Waals surface area contributed by atoms with Crippen molar-refractivity contribution < 1.29 is 22.1 Å². The normalized spacial score (nSPS) is 11.6. The lowest BCUT2D eigenvalue weighted by molar-refractivity contribution is -0.114. The first-order valence-electron chi connectivity index (χ1n) is 8.07. The minimum absolute atomic E-state index is 0.0146. The van der Waals surface area contributed by atoms with Crippen LogP contribution in [-0.4, -0.2) is 20.9 Å². The van der Waals surface area contributed by atoms with Crippen molar-refractivity contribution >= 4 is 44.7 Å². The van der Waals surface area contributed by atoms with Gasteiger partial charge >= 0.3 is 10.1 Å². The van der Waals surface area contributed by atoms with E-state index in [1.807, 2.05) is 29.5 Å². The smallest absolute Gasteiger partial charge is 0.339 e. The standard InChI is InChI=1S/C19H17IN2O5S/c1-3-26-17-10-13(8-14(11-21)19(22)23)9-16(20)18(17)27-28(24,25)15-6-4-12(2)5-7-15/h4-10H,3H2,1-2H3,(H2,22,23)/b14-8-. The molecule has 0 unspecified atom stereocenters. The third kappa shape index (κ3) is 5.24. The Labute approximate surface area is 177 Å². The van der Waals surface area contributed by atoms with E-state index in [1.165, 1.54) is 24.3 Å². The number of hydrogen-bond acceptors (Lipinski definition) is 6. The summed E-state index contributed by atoms with van der Waals surface area (Å²) in [7, 11) is -4.07. The van der Waals surface area contributed by atoms with Crippen molar-refractivity contribution in [2.24, 2.45) is 5.73 Å². The van der Waals surface area contributed by atoms with Crippen LogP contribution in [0.1, 0.15) is 18.1 Å². The van der Waals surface area contributed by atoms with Crippen LogP contribution in [0.2, 0.25) is 0 Å². The average molecular weight is 512 g/mol. The fourth-order valence-corrected chi connectivity index (χ4v) is 4.04. The molecule has 2 aromatic rings. The van der Waals surface area contributed by atoms with E-state index < -0.39 is 16.0 Å². The molecule has 2 rings (SSSR count). The summed E-state index contributed by atoms with van der Waals surface area (Å²) in [6, 6.07) is 11.0. The third-order valence-corrected chi connectivity index (χ3v) is 5.57.